The van der Waals surface area contributed by atoms with E-state index in [4.69, 9.17) is 11.6 Å². The zero-order valence-corrected chi connectivity index (χ0v) is 11.5. The van der Waals surface area contributed by atoms with Gasteiger partial charge in [0, 0.05) is 25.1 Å². The number of nitrogens with zero attached hydrogens (tertiary/aromatic N) is 3. The molecular formula is C15H13ClN4. The van der Waals surface area contributed by atoms with E-state index in [0.29, 0.717) is 11.6 Å². The normalized spacial score (nSPS) is 10.4. The second-order valence-electron chi connectivity index (χ2n) is 4.33. The average Bonchev–Trinajstić information content (AvgIpc) is 3.01. The monoisotopic (exact) mass is 284 g/mol. The first-order valence-corrected chi connectivity index (χ1v) is 6.63. The lowest BCUT2D eigenvalue weighted by Gasteiger charge is -2.08. The molecule has 5 heteroatoms. The van der Waals surface area contributed by atoms with Crippen molar-refractivity contribution in [2.24, 2.45) is 0 Å². The van der Waals surface area contributed by atoms with Gasteiger partial charge in [-0.3, -0.25) is 4.98 Å². The van der Waals surface area contributed by atoms with Crippen molar-refractivity contribution in [3.63, 3.8) is 0 Å². The molecule has 4 nitrogen and oxygen atoms in total. The summed E-state index contributed by atoms with van der Waals surface area (Å²) in [7, 11) is 0. The Hall–Kier alpha value is -2.33. The van der Waals surface area contributed by atoms with E-state index in [0.717, 1.165) is 11.4 Å². The van der Waals surface area contributed by atoms with E-state index in [1.807, 2.05) is 29.1 Å². The van der Waals surface area contributed by atoms with Gasteiger partial charge in [-0.25, -0.2) is 4.68 Å². The molecule has 0 unspecified atom stereocenters. The van der Waals surface area contributed by atoms with Gasteiger partial charge in [0.1, 0.15) is 0 Å². The number of hydrogen-bond donors (Lipinski definition) is 1. The fourth-order valence-corrected chi connectivity index (χ4v) is 2.06. The van der Waals surface area contributed by atoms with Crippen molar-refractivity contribution in [1.82, 2.24) is 14.8 Å². The molecule has 0 spiro atoms. The third-order valence-corrected chi connectivity index (χ3v) is 3.29. The van der Waals surface area contributed by atoms with Gasteiger partial charge < -0.3 is 5.32 Å². The Balaban J connectivity index is 1.68. The summed E-state index contributed by atoms with van der Waals surface area (Å²) in [5.41, 5.74) is 3.05. The topological polar surface area (TPSA) is 42.7 Å². The van der Waals surface area contributed by atoms with Crippen molar-refractivity contribution in [2.45, 2.75) is 6.54 Å². The Morgan fingerprint density at radius 1 is 1.10 bits per heavy atom. The molecule has 3 aromatic rings. The van der Waals surface area contributed by atoms with E-state index in [-0.39, 0.29) is 0 Å². The van der Waals surface area contributed by atoms with Crippen LogP contribution in [0.3, 0.4) is 0 Å². The van der Waals surface area contributed by atoms with Gasteiger partial charge in [-0.05, 0) is 29.8 Å². The second-order valence-corrected chi connectivity index (χ2v) is 4.73. The molecule has 0 atom stereocenters. The van der Waals surface area contributed by atoms with Gasteiger partial charge in [-0.2, -0.15) is 5.10 Å². The Morgan fingerprint density at radius 2 is 1.95 bits per heavy atom. The summed E-state index contributed by atoms with van der Waals surface area (Å²) in [6.07, 6.45) is 7.08. The first-order chi connectivity index (χ1) is 9.83. The molecule has 3 rings (SSSR count). The lowest BCUT2D eigenvalue weighted by molar-refractivity contribution is 0.879. The van der Waals surface area contributed by atoms with E-state index in [2.05, 4.69) is 27.5 Å². The second kappa shape index (κ2) is 5.75. The van der Waals surface area contributed by atoms with E-state index >= 15 is 0 Å². The lowest BCUT2D eigenvalue weighted by Crippen LogP contribution is -2.01. The molecule has 0 aliphatic rings. The van der Waals surface area contributed by atoms with Crippen LogP contribution < -0.4 is 5.32 Å². The average molecular weight is 285 g/mol. The van der Waals surface area contributed by atoms with Gasteiger partial charge in [-0.15, -0.1) is 0 Å². The van der Waals surface area contributed by atoms with Crippen LogP contribution in [-0.2, 0) is 6.54 Å². The van der Waals surface area contributed by atoms with Crippen LogP contribution in [0.1, 0.15) is 5.56 Å². The van der Waals surface area contributed by atoms with Crippen LogP contribution in [0, 0.1) is 0 Å². The summed E-state index contributed by atoms with van der Waals surface area (Å²) >= 11 is 6.07. The predicted octanol–water partition coefficient (Wildman–Crippen LogP) is 3.53. The molecule has 0 saturated heterocycles. The highest BCUT2D eigenvalue weighted by Gasteiger charge is 2.00. The summed E-state index contributed by atoms with van der Waals surface area (Å²) in [5, 5.41) is 8.14. The van der Waals surface area contributed by atoms with Crippen LogP contribution >= 0.6 is 11.6 Å². The molecule has 1 N–H and O–H groups in total. The van der Waals surface area contributed by atoms with Gasteiger partial charge in [0.25, 0.3) is 0 Å². The number of nitrogens with one attached hydrogen (secondary N) is 1. The van der Waals surface area contributed by atoms with Crippen LogP contribution in [0.2, 0.25) is 5.02 Å². The molecule has 0 amide bonds. The van der Waals surface area contributed by atoms with Gasteiger partial charge >= 0.3 is 0 Å². The lowest BCUT2D eigenvalue weighted by atomic mass is 10.2. The van der Waals surface area contributed by atoms with Crippen molar-refractivity contribution in [1.29, 1.82) is 0 Å². The highest BCUT2D eigenvalue weighted by molar-refractivity contribution is 6.33. The van der Waals surface area contributed by atoms with Crippen molar-refractivity contribution in [3.05, 3.63) is 71.8 Å². The maximum atomic E-state index is 6.07. The molecule has 0 radical (unpaired) electrons. The standard InChI is InChI=1S/C15H13ClN4/c16-14-6-8-17-11-15(14)18-10-12-2-4-13(5-3-12)20-9-1-7-19-20/h1-9,11,18H,10H2. The van der Waals surface area contributed by atoms with Crippen LogP contribution in [0.15, 0.2) is 61.2 Å². The third kappa shape index (κ3) is 2.81. The van der Waals surface area contributed by atoms with Crippen LogP contribution in [0.25, 0.3) is 5.69 Å². The molecular weight excluding hydrogens is 272 g/mol. The van der Waals surface area contributed by atoms with E-state index < -0.39 is 0 Å². The minimum absolute atomic E-state index is 0.674. The summed E-state index contributed by atoms with van der Waals surface area (Å²) in [6, 6.07) is 11.9. The minimum atomic E-state index is 0.674. The third-order valence-electron chi connectivity index (χ3n) is 2.96. The van der Waals surface area contributed by atoms with E-state index in [1.54, 1.807) is 24.7 Å². The SMILES string of the molecule is Clc1ccncc1NCc1ccc(-n2cccn2)cc1. The smallest absolute Gasteiger partial charge is 0.0718 e. The first-order valence-electron chi connectivity index (χ1n) is 6.25. The minimum Gasteiger partial charge on any atom is -0.379 e. The first kappa shape index (κ1) is 12.7. The maximum Gasteiger partial charge on any atom is 0.0718 e. The zero-order chi connectivity index (χ0) is 13.8. The summed E-state index contributed by atoms with van der Waals surface area (Å²) in [5.74, 6) is 0. The molecule has 20 heavy (non-hydrogen) atoms. The molecule has 2 heterocycles. The van der Waals surface area contributed by atoms with E-state index in [9.17, 15) is 0 Å². The molecule has 0 fully saturated rings. The maximum absolute atomic E-state index is 6.07. The van der Waals surface area contributed by atoms with Crippen LogP contribution in [-0.4, -0.2) is 14.8 Å². The highest BCUT2D eigenvalue weighted by Crippen LogP contribution is 2.20. The predicted molar refractivity (Wildman–Crippen MR) is 80.1 cm³/mol. The van der Waals surface area contributed by atoms with Crippen LogP contribution in [0.5, 0.6) is 0 Å². The van der Waals surface area contributed by atoms with Crippen molar-refractivity contribution in [2.75, 3.05) is 5.32 Å². The molecule has 100 valence electrons. The fraction of sp³-hybridized carbons (Fsp3) is 0.0667. The summed E-state index contributed by atoms with van der Waals surface area (Å²) in [6.45, 7) is 0.699. The van der Waals surface area contributed by atoms with Gasteiger partial charge in [-0.1, -0.05) is 23.7 Å². The number of pyridine rings is 1. The fourth-order valence-electron chi connectivity index (χ4n) is 1.89. The number of halogens is 1. The molecule has 0 bridgehead atoms. The highest BCUT2D eigenvalue weighted by atomic mass is 35.5. The molecule has 1 aromatic carbocycles. The largest absolute Gasteiger partial charge is 0.379 e. The molecule has 0 aliphatic heterocycles. The zero-order valence-electron chi connectivity index (χ0n) is 10.7. The van der Waals surface area contributed by atoms with Crippen molar-refractivity contribution < 1.29 is 0 Å². The molecule has 2 aromatic heterocycles. The van der Waals surface area contributed by atoms with Gasteiger partial charge in [0.2, 0.25) is 0 Å². The molecule has 0 saturated carbocycles. The van der Waals surface area contributed by atoms with Gasteiger partial charge in [0.15, 0.2) is 0 Å². The number of rotatable bonds is 4. The Labute approximate surface area is 122 Å². The number of aromatic nitrogens is 3. The Kier molecular flexibility index (Phi) is 3.65. The molecule has 0 aliphatic carbocycles. The van der Waals surface area contributed by atoms with Crippen molar-refractivity contribution in [3.8, 4) is 5.69 Å². The van der Waals surface area contributed by atoms with Crippen molar-refractivity contribution >= 4 is 17.3 Å². The number of benzene rings is 1. The number of anilines is 1. The van der Waals surface area contributed by atoms with Crippen LogP contribution in [0.4, 0.5) is 5.69 Å². The summed E-state index contributed by atoms with van der Waals surface area (Å²) < 4.78 is 1.83. The number of hydrogen-bond acceptors (Lipinski definition) is 3. The van der Waals surface area contributed by atoms with Gasteiger partial charge in [0.05, 0.1) is 22.6 Å². The summed E-state index contributed by atoms with van der Waals surface area (Å²) in [4.78, 5) is 4.05. The Morgan fingerprint density at radius 3 is 2.65 bits per heavy atom. The quantitative estimate of drug-likeness (QED) is 0.797. The Bertz CT molecular complexity index is 677. The van der Waals surface area contributed by atoms with E-state index in [1.165, 1.54) is 5.56 Å².